The van der Waals surface area contributed by atoms with Crippen molar-refractivity contribution >= 4 is 5.97 Å². The number of hydrogen-bond donors (Lipinski definition) is 1. The Balaban J connectivity index is 2.61. The van der Waals surface area contributed by atoms with E-state index in [1.807, 2.05) is 0 Å². The number of carboxylic acid groups (broad SMARTS) is 1. The van der Waals surface area contributed by atoms with E-state index in [0.29, 0.717) is 0 Å². The lowest BCUT2D eigenvalue weighted by molar-refractivity contribution is -0.230. The number of carbonyl (C=O) groups is 1. The quantitative estimate of drug-likeness (QED) is 0.822. The van der Waals surface area contributed by atoms with E-state index >= 15 is 0 Å². The molecule has 1 saturated carbocycles. The van der Waals surface area contributed by atoms with E-state index < -0.39 is 59.1 Å². The van der Waals surface area contributed by atoms with E-state index in [2.05, 4.69) is 0 Å². The summed E-state index contributed by atoms with van der Waals surface area (Å²) in [7, 11) is 1.05. The first-order valence-corrected chi connectivity index (χ1v) is 7.27. The molecule has 1 fully saturated rings. The number of rotatable bonds is 3. The lowest BCUT2D eigenvalue weighted by Crippen LogP contribution is -2.39. The molecule has 0 radical (unpaired) electrons. The Morgan fingerprint density at radius 1 is 1.33 bits per heavy atom. The highest BCUT2D eigenvalue weighted by molar-refractivity contribution is 5.73. The van der Waals surface area contributed by atoms with Gasteiger partial charge in [-0.15, -0.1) is 0 Å². The SMILES string of the molecule is COc1c(C2C[C@](C)(C(F)(F)F)[C@H](C)C2C(=O)O)ccc(F)c1F. The molecule has 1 N–H and O–H groups in total. The normalized spacial score (nSPS) is 30.4. The summed E-state index contributed by atoms with van der Waals surface area (Å²) < 4.78 is 72.5. The number of benzene rings is 1. The molecule has 1 aromatic rings. The fraction of sp³-hybridized carbons (Fsp3) is 0.562. The van der Waals surface area contributed by atoms with Gasteiger partial charge in [-0.1, -0.05) is 19.9 Å². The van der Waals surface area contributed by atoms with Crippen LogP contribution in [0.25, 0.3) is 0 Å². The summed E-state index contributed by atoms with van der Waals surface area (Å²) in [6.45, 7) is 2.18. The summed E-state index contributed by atoms with van der Waals surface area (Å²) in [5, 5.41) is 9.42. The highest BCUT2D eigenvalue weighted by Crippen LogP contribution is 2.61. The summed E-state index contributed by atoms with van der Waals surface area (Å²) in [5.41, 5.74) is -2.32. The Bertz CT molecular complexity index is 658. The standard InChI is InChI=1S/C16H17F5O3/c1-7-11(14(22)23)9(6-15(7,2)16(19,20)21)8-4-5-10(17)12(18)13(8)24-3/h4-5,7,9,11H,6H2,1-3H3,(H,22,23)/t7-,9?,11?,15+/m1/s1. The number of methoxy groups -OCH3 is 1. The van der Waals surface area contributed by atoms with Gasteiger partial charge in [0.25, 0.3) is 0 Å². The zero-order chi connectivity index (χ0) is 18.4. The fourth-order valence-electron chi connectivity index (χ4n) is 3.62. The highest BCUT2D eigenvalue weighted by atomic mass is 19.4. The molecule has 0 bridgehead atoms. The van der Waals surface area contributed by atoms with Crippen LogP contribution in [-0.2, 0) is 4.79 Å². The molecule has 2 rings (SSSR count). The van der Waals surface area contributed by atoms with Gasteiger partial charge < -0.3 is 9.84 Å². The predicted molar refractivity (Wildman–Crippen MR) is 74.7 cm³/mol. The van der Waals surface area contributed by atoms with Crippen LogP contribution in [0, 0.1) is 28.9 Å². The molecule has 134 valence electrons. The van der Waals surface area contributed by atoms with Crippen LogP contribution >= 0.6 is 0 Å². The Kier molecular flexibility index (Phi) is 4.54. The molecule has 0 spiro atoms. The Morgan fingerprint density at radius 2 is 1.92 bits per heavy atom. The molecule has 0 aromatic heterocycles. The van der Waals surface area contributed by atoms with Crippen LogP contribution in [0.4, 0.5) is 22.0 Å². The van der Waals surface area contributed by atoms with Crippen LogP contribution < -0.4 is 4.74 Å². The molecule has 0 saturated heterocycles. The first kappa shape index (κ1) is 18.5. The van der Waals surface area contributed by atoms with Crippen LogP contribution in [0.15, 0.2) is 12.1 Å². The summed E-state index contributed by atoms with van der Waals surface area (Å²) in [6, 6.07) is 1.85. The molecule has 0 aliphatic heterocycles. The molecule has 4 atom stereocenters. The fourth-order valence-corrected chi connectivity index (χ4v) is 3.62. The average Bonchev–Trinajstić information content (AvgIpc) is 2.74. The van der Waals surface area contributed by atoms with Gasteiger partial charge in [-0.2, -0.15) is 17.6 Å². The number of hydrogen-bond acceptors (Lipinski definition) is 2. The van der Waals surface area contributed by atoms with Crippen molar-refractivity contribution in [2.45, 2.75) is 32.4 Å². The zero-order valence-corrected chi connectivity index (χ0v) is 13.2. The predicted octanol–water partition coefficient (Wildman–Crippen LogP) is 4.37. The van der Waals surface area contributed by atoms with Crippen LogP contribution in [0.2, 0.25) is 0 Å². The molecule has 3 nitrogen and oxygen atoms in total. The summed E-state index contributed by atoms with van der Waals surface area (Å²) in [6.07, 6.45) is -5.17. The summed E-state index contributed by atoms with van der Waals surface area (Å²) in [4.78, 5) is 11.6. The number of halogens is 5. The minimum Gasteiger partial charge on any atom is -0.493 e. The second-order valence-corrected chi connectivity index (χ2v) is 6.36. The summed E-state index contributed by atoms with van der Waals surface area (Å²) in [5.74, 6) is -8.29. The van der Waals surface area contributed by atoms with Crippen molar-refractivity contribution in [1.82, 2.24) is 0 Å². The number of ether oxygens (including phenoxy) is 1. The molecule has 8 heteroatoms. The highest BCUT2D eigenvalue weighted by Gasteiger charge is 2.64. The smallest absolute Gasteiger partial charge is 0.394 e. The van der Waals surface area contributed by atoms with Crippen LogP contribution in [0.5, 0.6) is 5.75 Å². The molecule has 2 unspecified atom stereocenters. The van der Waals surface area contributed by atoms with Gasteiger partial charge in [0.1, 0.15) is 0 Å². The minimum atomic E-state index is -4.62. The molecule has 0 heterocycles. The second-order valence-electron chi connectivity index (χ2n) is 6.36. The maximum absolute atomic E-state index is 13.9. The molecule has 1 aliphatic carbocycles. The van der Waals surface area contributed by atoms with Crippen molar-refractivity contribution in [3.05, 3.63) is 29.3 Å². The number of alkyl halides is 3. The average molecular weight is 352 g/mol. The van der Waals surface area contributed by atoms with Gasteiger partial charge in [0, 0.05) is 11.5 Å². The first-order valence-electron chi connectivity index (χ1n) is 7.27. The molecule has 24 heavy (non-hydrogen) atoms. The lowest BCUT2D eigenvalue weighted by atomic mass is 9.77. The zero-order valence-electron chi connectivity index (χ0n) is 13.2. The molecule has 1 aliphatic rings. The van der Waals surface area contributed by atoms with E-state index in [1.165, 1.54) is 6.92 Å². The van der Waals surface area contributed by atoms with Crippen molar-refractivity contribution in [3.8, 4) is 5.75 Å². The van der Waals surface area contributed by atoms with Gasteiger partial charge in [0.2, 0.25) is 5.82 Å². The van der Waals surface area contributed by atoms with Gasteiger partial charge in [0.05, 0.1) is 18.4 Å². The van der Waals surface area contributed by atoms with Crippen LogP contribution in [0.1, 0.15) is 31.7 Å². The molecule has 1 aromatic carbocycles. The van der Waals surface area contributed by atoms with Gasteiger partial charge in [-0.25, -0.2) is 4.39 Å². The van der Waals surface area contributed by atoms with Crippen molar-refractivity contribution in [3.63, 3.8) is 0 Å². The third kappa shape index (κ3) is 2.61. The van der Waals surface area contributed by atoms with E-state index in [4.69, 9.17) is 4.74 Å². The third-order valence-corrected chi connectivity index (χ3v) is 5.24. The third-order valence-electron chi connectivity index (χ3n) is 5.24. The van der Waals surface area contributed by atoms with Crippen molar-refractivity contribution in [1.29, 1.82) is 0 Å². The van der Waals surface area contributed by atoms with Gasteiger partial charge >= 0.3 is 12.1 Å². The van der Waals surface area contributed by atoms with Gasteiger partial charge in [0.15, 0.2) is 11.6 Å². The van der Waals surface area contributed by atoms with Crippen LogP contribution in [-0.4, -0.2) is 24.4 Å². The maximum Gasteiger partial charge on any atom is 0.394 e. The lowest BCUT2D eigenvalue weighted by Gasteiger charge is -2.32. The molecule has 0 amide bonds. The Morgan fingerprint density at radius 3 is 2.38 bits per heavy atom. The topological polar surface area (TPSA) is 46.5 Å². The Labute approximate surface area is 135 Å². The van der Waals surface area contributed by atoms with E-state index in [0.717, 1.165) is 26.2 Å². The monoisotopic (exact) mass is 352 g/mol. The second kappa shape index (κ2) is 5.89. The first-order chi connectivity index (χ1) is 11.0. The number of carboxylic acids is 1. The van der Waals surface area contributed by atoms with Gasteiger partial charge in [-0.05, 0) is 18.4 Å². The van der Waals surface area contributed by atoms with Crippen LogP contribution in [0.3, 0.4) is 0 Å². The van der Waals surface area contributed by atoms with E-state index in [9.17, 15) is 31.9 Å². The minimum absolute atomic E-state index is 0.0661. The van der Waals surface area contributed by atoms with Crippen molar-refractivity contribution in [2.24, 2.45) is 17.3 Å². The molecular weight excluding hydrogens is 335 g/mol. The van der Waals surface area contributed by atoms with Crippen molar-refractivity contribution < 1.29 is 36.6 Å². The Hall–Kier alpha value is -1.86. The maximum atomic E-state index is 13.9. The number of aliphatic carboxylic acids is 1. The van der Waals surface area contributed by atoms with E-state index in [-0.39, 0.29) is 5.56 Å². The van der Waals surface area contributed by atoms with Gasteiger partial charge in [-0.3, -0.25) is 4.79 Å². The largest absolute Gasteiger partial charge is 0.493 e. The van der Waals surface area contributed by atoms with E-state index in [1.54, 1.807) is 0 Å². The summed E-state index contributed by atoms with van der Waals surface area (Å²) >= 11 is 0. The van der Waals surface area contributed by atoms with Crippen molar-refractivity contribution in [2.75, 3.05) is 7.11 Å². The molecular formula is C16H17F5O3.